The van der Waals surface area contributed by atoms with Crippen molar-refractivity contribution < 1.29 is 14.4 Å². The number of nitrogens with zero attached hydrogens (tertiary/aromatic N) is 1. The summed E-state index contributed by atoms with van der Waals surface area (Å²) in [6, 6.07) is -0.396. The van der Waals surface area contributed by atoms with Gasteiger partial charge in [0.2, 0.25) is 5.91 Å². The fourth-order valence-corrected chi connectivity index (χ4v) is 3.57. The zero-order chi connectivity index (χ0) is 13.4. The third-order valence-corrected chi connectivity index (χ3v) is 4.69. The number of hydrogen-bond donors (Lipinski definition) is 1. The first kappa shape index (κ1) is 12.3. The molecule has 1 saturated heterocycles. The van der Waals surface area contributed by atoms with Crippen LogP contribution in [-0.4, -0.2) is 35.6 Å². The van der Waals surface area contributed by atoms with Crippen LogP contribution in [0.25, 0.3) is 0 Å². The van der Waals surface area contributed by atoms with Crippen molar-refractivity contribution in [2.24, 2.45) is 0 Å². The van der Waals surface area contributed by atoms with Crippen LogP contribution in [0.5, 0.6) is 0 Å². The molecule has 6 heteroatoms. The molecule has 0 aromatic carbocycles. The molecule has 3 heterocycles. The monoisotopic (exact) mass is 278 g/mol. The highest BCUT2D eigenvalue weighted by Gasteiger charge is 2.38. The molecular weight excluding hydrogens is 264 g/mol. The van der Waals surface area contributed by atoms with Crippen LogP contribution in [0.15, 0.2) is 5.38 Å². The van der Waals surface area contributed by atoms with Crippen LogP contribution < -0.4 is 5.32 Å². The summed E-state index contributed by atoms with van der Waals surface area (Å²) in [6.45, 7) is 1.06. The van der Waals surface area contributed by atoms with E-state index < -0.39 is 6.04 Å². The molecule has 1 aromatic rings. The molecule has 2 aliphatic heterocycles. The number of nitrogens with one attached hydrogen (secondary N) is 1. The number of carbonyl (C=O) groups is 3. The molecule has 1 atom stereocenters. The summed E-state index contributed by atoms with van der Waals surface area (Å²) in [5.74, 6) is -0.200. The van der Waals surface area contributed by atoms with Crippen molar-refractivity contribution in [1.29, 1.82) is 0 Å². The van der Waals surface area contributed by atoms with Gasteiger partial charge in [0.25, 0.3) is 5.91 Å². The second kappa shape index (κ2) is 4.77. The van der Waals surface area contributed by atoms with Crippen molar-refractivity contribution in [3.63, 3.8) is 0 Å². The predicted molar refractivity (Wildman–Crippen MR) is 70.2 cm³/mol. The van der Waals surface area contributed by atoms with Crippen molar-refractivity contribution in [1.82, 2.24) is 10.2 Å². The molecule has 0 aliphatic carbocycles. The SMILES string of the molecule is O=Cc1scc2c1CN(C1CCCCNC1=O)C2=O. The van der Waals surface area contributed by atoms with E-state index in [1.165, 1.54) is 11.3 Å². The quantitative estimate of drug-likeness (QED) is 0.826. The number of hydrogen-bond acceptors (Lipinski definition) is 4. The fourth-order valence-electron chi connectivity index (χ4n) is 2.71. The van der Waals surface area contributed by atoms with Gasteiger partial charge in [-0.15, -0.1) is 11.3 Å². The Morgan fingerprint density at radius 3 is 3.00 bits per heavy atom. The van der Waals surface area contributed by atoms with Crippen LogP contribution >= 0.6 is 11.3 Å². The summed E-state index contributed by atoms with van der Waals surface area (Å²) in [6.07, 6.45) is 3.36. The number of aldehydes is 1. The molecule has 5 nitrogen and oxygen atoms in total. The summed E-state index contributed by atoms with van der Waals surface area (Å²) >= 11 is 1.29. The molecule has 1 N–H and O–H groups in total. The Morgan fingerprint density at radius 2 is 2.21 bits per heavy atom. The molecule has 100 valence electrons. The molecule has 0 spiro atoms. The van der Waals surface area contributed by atoms with Crippen molar-refractivity contribution in [3.8, 4) is 0 Å². The summed E-state index contributed by atoms with van der Waals surface area (Å²) < 4.78 is 0. The van der Waals surface area contributed by atoms with Gasteiger partial charge in [-0.3, -0.25) is 14.4 Å². The maximum absolute atomic E-state index is 12.3. The molecule has 3 rings (SSSR count). The highest BCUT2D eigenvalue weighted by Crippen LogP contribution is 2.32. The van der Waals surface area contributed by atoms with Gasteiger partial charge in [-0.25, -0.2) is 0 Å². The first-order chi connectivity index (χ1) is 9.22. The molecule has 0 saturated carbocycles. The van der Waals surface area contributed by atoms with Crippen molar-refractivity contribution >= 4 is 29.4 Å². The number of fused-ring (bicyclic) bond motifs is 1. The van der Waals surface area contributed by atoms with E-state index in [0.29, 0.717) is 30.0 Å². The average molecular weight is 278 g/mol. The number of amides is 2. The zero-order valence-electron chi connectivity index (χ0n) is 10.3. The van der Waals surface area contributed by atoms with Gasteiger partial charge in [0, 0.05) is 24.0 Å². The van der Waals surface area contributed by atoms with Gasteiger partial charge in [-0.2, -0.15) is 0 Å². The maximum Gasteiger partial charge on any atom is 0.256 e. The van der Waals surface area contributed by atoms with Gasteiger partial charge in [0.1, 0.15) is 6.04 Å². The number of carbonyl (C=O) groups excluding carboxylic acids is 3. The van der Waals surface area contributed by atoms with E-state index in [1.54, 1.807) is 10.3 Å². The minimum Gasteiger partial charge on any atom is -0.354 e. The van der Waals surface area contributed by atoms with Crippen LogP contribution in [0, 0.1) is 0 Å². The normalized spacial score (nSPS) is 22.9. The Bertz CT molecular complexity index is 552. The predicted octanol–water partition coefficient (Wildman–Crippen LogP) is 1.19. The van der Waals surface area contributed by atoms with Crippen molar-refractivity contribution in [2.45, 2.75) is 31.8 Å². The third kappa shape index (κ3) is 1.96. The van der Waals surface area contributed by atoms with Crippen LogP contribution in [-0.2, 0) is 11.3 Å². The lowest BCUT2D eigenvalue weighted by Crippen LogP contribution is -2.45. The van der Waals surface area contributed by atoms with Gasteiger partial charge in [-0.1, -0.05) is 0 Å². The van der Waals surface area contributed by atoms with Gasteiger partial charge in [0.05, 0.1) is 10.4 Å². The van der Waals surface area contributed by atoms with Gasteiger partial charge in [-0.05, 0) is 19.3 Å². The molecule has 2 amide bonds. The zero-order valence-corrected chi connectivity index (χ0v) is 11.2. The smallest absolute Gasteiger partial charge is 0.256 e. The Labute approximate surface area is 114 Å². The summed E-state index contributed by atoms with van der Waals surface area (Å²) in [5, 5.41) is 4.56. The Morgan fingerprint density at radius 1 is 1.37 bits per heavy atom. The standard InChI is InChI=1S/C13H14N2O3S/c16-6-11-8-5-15(13(18)9(8)7-19-11)10-3-1-2-4-14-12(10)17/h6-7,10H,1-5H2,(H,14,17). The molecule has 1 aromatic heterocycles. The topological polar surface area (TPSA) is 66.5 Å². The summed E-state index contributed by atoms with van der Waals surface area (Å²) in [5.41, 5.74) is 1.37. The molecule has 0 radical (unpaired) electrons. The number of rotatable bonds is 2. The Kier molecular flexibility index (Phi) is 3.10. The van der Waals surface area contributed by atoms with Crippen LogP contribution in [0.2, 0.25) is 0 Å². The fraction of sp³-hybridized carbons (Fsp3) is 0.462. The second-order valence-electron chi connectivity index (χ2n) is 4.85. The van der Waals surface area contributed by atoms with Gasteiger partial charge >= 0.3 is 0 Å². The first-order valence-electron chi connectivity index (χ1n) is 6.36. The number of thiophene rings is 1. The van der Waals surface area contributed by atoms with E-state index in [1.807, 2.05) is 0 Å². The van der Waals surface area contributed by atoms with Crippen molar-refractivity contribution in [2.75, 3.05) is 6.54 Å². The van der Waals surface area contributed by atoms with Gasteiger partial charge < -0.3 is 10.2 Å². The minimum atomic E-state index is -0.396. The first-order valence-corrected chi connectivity index (χ1v) is 7.24. The molecule has 19 heavy (non-hydrogen) atoms. The average Bonchev–Trinajstić information content (AvgIpc) is 2.87. The van der Waals surface area contributed by atoms with E-state index in [9.17, 15) is 14.4 Å². The Hall–Kier alpha value is -1.69. The highest BCUT2D eigenvalue weighted by molar-refractivity contribution is 7.12. The van der Waals surface area contributed by atoms with E-state index in [0.717, 1.165) is 24.7 Å². The molecule has 1 unspecified atom stereocenters. The third-order valence-electron chi connectivity index (χ3n) is 3.74. The molecule has 2 aliphatic rings. The maximum atomic E-state index is 12.3. The Balaban J connectivity index is 1.88. The van der Waals surface area contributed by atoms with Crippen LogP contribution in [0.3, 0.4) is 0 Å². The van der Waals surface area contributed by atoms with E-state index in [2.05, 4.69) is 5.32 Å². The molecule has 1 fully saturated rings. The molecular formula is C13H14N2O3S. The highest BCUT2D eigenvalue weighted by atomic mass is 32.1. The lowest BCUT2D eigenvalue weighted by Gasteiger charge is -2.25. The largest absolute Gasteiger partial charge is 0.354 e. The van der Waals surface area contributed by atoms with Crippen LogP contribution in [0.1, 0.15) is 44.9 Å². The molecule has 0 bridgehead atoms. The van der Waals surface area contributed by atoms with E-state index >= 15 is 0 Å². The van der Waals surface area contributed by atoms with E-state index in [4.69, 9.17) is 0 Å². The summed E-state index contributed by atoms with van der Waals surface area (Å²) in [7, 11) is 0. The lowest BCUT2D eigenvalue weighted by molar-refractivity contribution is -0.125. The second-order valence-corrected chi connectivity index (χ2v) is 5.76. The van der Waals surface area contributed by atoms with Gasteiger partial charge in [0.15, 0.2) is 6.29 Å². The van der Waals surface area contributed by atoms with Crippen LogP contribution in [0.4, 0.5) is 0 Å². The summed E-state index contributed by atoms with van der Waals surface area (Å²) in [4.78, 5) is 37.5. The lowest BCUT2D eigenvalue weighted by atomic mass is 10.1. The van der Waals surface area contributed by atoms with E-state index in [-0.39, 0.29) is 11.8 Å². The minimum absolute atomic E-state index is 0.0765. The van der Waals surface area contributed by atoms with Crippen molar-refractivity contribution in [3.05, 3.63) is 21.4 Å².